The molecule has 1 aromatic heterocycles. The van der Waals surface area contributed by atoms with Gasteiger partial charge < -0.3 is 5.43 Å². The third-order valence-corrected chi connectivity index (χ3v) is 4.05. The number of pyridine rings is 1. The van der Waals surface area contributed by atoms with Crippen molar-refractivity contribution in [2.24, 2.45) is 5.84 Å². The van der Waals surface area contributed by atoms with E-state index in [2.05, 4.69) is 28.3 Å². The average Bonchev–Trinajstić information content (AvgIpc) is 2.33. The normalized spacial score (nSPS) is 22.0. The number of nitrogen functional groups attached to an aromatic ring is 1. The summed E-state index contributed by atoms with van der Waals surface area (Å²) in [6.45, 7) is 4.44. The third-order valence-electron chi connectivity index (χ3n) is 2.86. The molecule has 0 bridgehead atoms. The molecule has 88 valence electrons. The van der Waals surface area contributed by atoms with Gasteiger partial charge in [0.2, 0.25) is 0 Å². The van der Waals surface area contributed by atoms with Crippen LogP contribution in [0.2, 0.25) is 0 Å². The fourth-order valence-electron chi connectivity index (χ4n) is 1.83. The van der Waals surface area contributed by atoms with Gasteiger partial charge in [-0.05, 0) is 18.6 Å². The van der Waals surface area contributed by atoms with Gasteiger partial charge in [0.25, 0.3) is 0 Å². The number of aromatic nitrogens is 1. The summed E-state index contributed by atoms with van der Waals surface area (Å²) in [6, 6.07) is 4.65. The van der Waals surface area contributed by atoms with E-state index in [1.165, 1.54) is 23.6 Å². The lowest BCUT2D eigenvalue weighted by molar-refractivity contribution is 0.223. The van der Waals surface area contributed by atoms with Crippen LogP contribution in [-0.4, -0.2) is 34.0 Å². The molecule has 0 radical (unpaired) electrons. The molecule has 1 atom stereocenters. The van der Waals surface area contributed by atoms with E-state index < -0.39 is 0 Å². The number of nitrogens with zero attached hydrogens (tertiary/aromatic N) is 2. The number of thioether (sulfide) groups is 1. The molecule has 5 heteroatoms. The minimum atomic E-state index is 0.658. The van der Waals surface area contributed by atoms with E-state index in [1.54, 1.807) is 0 Å². The highest BCUT2D eigenvalue weighted by Gasteiger charge is 2.18. The summed E-state index contributed by atoms with van der Waals surface area (Å²) in [6.07, 6.45) is 1.89. The van der Waals surface area contributed by atoms with Gasteiger partial charge in [-0.3, -0.25) is 4.90 Å². The number of nitrogens with one attached hydrogen (secondary N) is 1. The van der Waals surface area contributed by atoms with Crippen molar-refractivity contribution in [3.63, 3.8) is 0 Å². The molecular formula is C11H18N4S. The fraction of sp³-hybridized carbons (Fsp3) is 0.545. The standard InChI is InChI=1S/C11H18N4S/c1-9-8-16-5-4-15(9)7-10-2-3-11(14-12)13-6-10/h2-3,6,9H,4-5,7-8,12H2,1H3,(H,13,14). The van der Waals surface area contributed by atoms with Gasteiger partial charge in [-0.15, -0.1) is 0 Å². The van der Waals surface area contributed by atoms with E-state index in [0.29, 0.717) is 11.9 Å². The van der Waals surface area contributed by atoms with Gasteiger partial charge in [0, 0.05) is 36.8 Å². The second-order valence-corrected chi connectivity index (χ2v) is 5.24. The van der Waals surface area contributed by atoms with Gasteiger partial charge >= 0.3 is 0 Å². The Morgan fingerprint density at radius 3 is 3.12 bits per heavy atom. The number of anilines is 1. The number of rotatable bonds is 3. The Hall–Kier alpha value is -0.780. The fourth-order valence-corrected chi connectivity index (χ4v) is 2.92. The van der Waals surface area contributed by atoms with Crippen molar-refractivity contribution < 1.29 is 0 Å². The summed E-state index contributed by atoms with van der Waals surface area (Å²) in [5.74, 6) is 8.46. The second kappa shape index (κ2) is 5.52. The first-order valence-electron chi connectivity index (χ1n) is 5.53. The molecule has 16 heavy (non-hydrogen) atoms. The maximum atomic E-state index is 5.28. The highest BCUT2D eigenvalue weighted by molar-refractivity contribution is 7.99. The maximum absolute atomic E-state index is 5.28. The van der Waals surface area contributed by atoms with Crippen LogP contribution in [0.3, 0.4) is 0 Å². The summed E-state index contributed by atoms with van der Waals surface area (Å²) < 4.78 is 0. The molecule has 1 fully saturated rings. The summed E-state index contributed by atoms with van der Waals surface area (Å²) in [5, 5.41) is 0. The lowest BCUT2D eigenvalue weighted by Crippen LogP contribution is -2.39. The Kier molecular flexibility index (Phi) is 4.04. The van der Waals surface area contributed by atoms with Crippen molar-refractivity contribution in [1.29, 1.82) is 0 Å². The molecule has 1 unspecified atom stereocenters. The molecule has 0 aromatic carbocycles. The molecule has 0 aliphatic carbocycles. The number of hydrazine groups is 1. The van der Waals surface area contributed by atoms with Crippen LogP contribution in [0.15, 0.2) is 18.3 Å². The molecule has 0 saturated carbocycles. The van der Waals surface area contributed by atoms with Crippen molar-refractivity contribution in [2.45, 2.75) is 19.5 Å². The zero-order chi connectivity index (χ0) is 11.4. The second-order valence-electron chi connectivity index (χ2n) is 4.09. The smallest absolute Gasteiger partial charge is 0.139 e. The molecule has 3 N–H and O–H groups in total. The Morgan fingerprint density at radius 1 is 1.62 bits per heavy atom. The van der Waals surface area contributed by atoms with Gasteiger partial charge in [-0.1, -0.05) is 6.07 Å². The molecule has 0 spiro atoms. The highest BCUT2D eigenvalue weighted by Crippen LogP contribution is 2.18. The predicted octanol–water partition coefficient (Wildman–Crippen LogP) is 1.30. The van der Waals surface area contributed by atoms with Crippen molar-refractivity contribution >= 4 is 17.6 Å². The quantitative estimate of drug-likeness (QED) is 0.614. The molecule has 4 nitrogen and oxygen atoms in total. The largest absolute Gasteiger partial charge is 0.308 e. The van der Waals surface area contributed by atoms with Gasteiger partial charge in [0.05, 0.1) is 0 Å². The third kappa shape index (κ3) is 2.87. The molecular weight excluding hydrogens is 220 g/mol. The summed E-state index contributed by atoms with van der Waals surface area (Å²) in [7, 11) is 0. The molecule has 0 amide bonds. The Morgan fingerprint density at radius 2 is 2.50 bits per heavy atom. The minimum absolute atomic E-state index is 0.658. The first-order valence-corrected chi connectivity index (χ1v) is 6.68. The molecule has 1 aliphatic heterocycles. The Balaban J connectivity index is 1.96. The Labute approximate surface area is 101 Å². The van der Waals surface area contributed by atoms with Crippen molar-refractivity contribution in [1.82, 2.24) is 9.88 Å². The van der Waals surface area contributed by atoms with Crippen LogP contribution >= 0.6 is 11.8 Å². The molecule has 2 rings (SSSR count). The van der Waals surface area contributed by atoms with E-state index >= 15 is 0 Å². The first-order chi connectivity index (χ1) is 7.79. The van der Waals surface area contributed by atoms with Crippen LogP contribution in [0.5, 0.6) is 0 Å². The number of nitrogens with two attached hydrogens (primary N) is 1. The molecule has 1 aromatic rings. The highest BCUT2D eigenvalue weighted by atomic mass is 32.2. The van der Waals surface area contributed by atoms with Crippen molar-refractivity contribution in [3.8, 4) is 0 Å². The maximum Gasteiger partial charge on any atom is 0.139 e. The van der Waals surface area contributed by atoms with Gasteiger partial charge in [-0.25, -0.2) is 10.8 Å². The van der Waals surface area contributed by atoms with E-state index in [-0.39, 0.29) is 0 Å². The molecule has 1 saturated heterocycles. The zero-order valence-electron chi connectivity index (χ0n) is 9.52. The monoisotopic (exact) mass is 238 g/mol. The van der Waals surface area contributed by atoms with Gasteiger partial charge in [-0.2, -0.15) is 11.8 Å². The summed E-state index contributed by atoms with van der Waals surface area (Å²) >= 11 is 2.04. The van der Waals surface area contributed by atoms with Crippen LogP contribution in [0.25, 0.3) is 0 Å². The van der Waals surface area contributed by atoms with Gasteiger partial charge in [0.1, 0.15) is 5.82 Å². The molecule has 2 heterocycles. The predicted molar refractivity (Wildman–Crippen MR) is 69.2 cm³/mol. The van der Waals surface area contributed by atoms with Crippen LogP contribution in [0.4, 0.5) is 5.82 Å². The van der Waals surface area contributed by atoms with Crippen LogP contribution in [0, 0.1) is 0 Å². The van der Waals surface area contributed by atoms with Gasteiger partial charge in [0.15, 0.2) is 0 Å². The lowest BCUT2D eigenvalue weighted by Gasteiger charge is -2.32. The van der Waals surface area contributed by atoms with Crippen LogP contribution in [0.1, 0.15) is 12.5 Å². The number of hydrogen-bond acceptors (Lipinski definition) is 5. The summed E-state index contributed by atoms with van der Waals surface area (Å²) in [4.78, 5) is 6.72. The number of hydrogen-bond donors (Lipinski definition) is 2. The first kappa shape index (κ1) is 11.7. The topological polar surface area (TPSA) is 54.2 Å². The van der Waals surface area contributed by atoms with E-state index in [9.17, 15) is 0 Å². The van der Waals surface area contributed by atoms with Crippen molar-refractivity contribution in [2.75, 3.05) is 23.5 Å². The van der Waals surface area contributed by atoms with Crippen molar-refractivity contribution in [3.05, 3.63) is 23.9 Å². The minimum Gasteiger partial charge on any atom is -0.308 e. The Bertz CT molecular complexity index is 327. The zero-order valence-corrected chi connectivity index (χ0v) is 10.3. The van der Waals surface area contributed by atoms with Crippen LogP contribution in [-0.2, 0) is 6.54 Å². The van der Waals surface area contributed by atoms with Crippen LogP contribution < -0.4 is 11.3 Å². The SMILES string of the molecule is CC1CSCCN1Cc1ccc(NN)nc1. The van der Waals surface area contributed by atoms with E-state index in [0.717, 1.165) is 6.54 Å². The molecule has 1 aliphatic rings. The lowest BCUT2D eigenvalue weighted by atomic mass is 10.2. The summed E-state index contributed by atoms with van der Waals surface area (Å²) in [5.41, 5.74) is 3.79. The average molecular weight is 238 g/mol. The van der Waals surface area contributed by atoms with E-state index in [1.807, 2.05) is 24.0 Å². The van der Waals surface area contributed by atoms with E-state index in [4.69, 9.17) is 5.84 Å².